The zero-order valence-corrected chi connectivity index (χ0v) is 19.7. The predicted molar refractivity (Wildman–Crippen MR) is 129 cm³/mol. The highest BCUT2D eigenvalue weighted by molar-refractivity contribution is 6.33. The second-order valence-electron chi connectivity index (χ2n) is 7.69. The molecule has 0 fully saturated rings. The van der Waals surface area contributed by atoms with Gasteiger partial charge >= 0.3 is 12.1 Å². The molecule has 0 bridgehead atoms. The van der Waals surface area contributed by atoms with Crippen LogP contribution in [0.4, 0.5) is 24.5 Å². The summed E-state index contributed by atoms with van der Waals surface area (Å²) in [5.74, 6) is -1.46. The van der Waals surface area contributed by atoms with Gasteiger partial charge in [0.15, 0.2) is 5.69 Å². The van der Waals surface area contributed by atoms with Crippen molar-refractivity contribution in [1.82, 2.24) is 4.98 Å². The summed E-state index contributed by atoms with van der Waals surface area (Å²) in [5.41, 5.74) is -1.12. The first-order valence-electron chi connectivity index (χ1n) is 10.6. The normalized spacial score (nSPS) is 11.0. The van der Waals surface area contributed by atoms with Gasteiger partial charge in [0, 0.05) is 47.9 Å². The first kappa shape index (κ1) is 26.5. The smallest absolute Gasteiger partial charge is 0.434 e. The number of para-hydroxylation sites is 2. The molecular formula is C25H20ClF3N4O3. The van der Waals surface area contributed by atoms with Gasteiger partial charge in [-0.2, -0.15) is 18.4 Å². The Labute approximate surface area is 209 Å². The van der Waals surface area contributed by atoms with Gasteiger partial charge in [0.25, 0.3) is 5.91 Å². The zero-order chi connectivity index (χ0) is 26.5. The lowest BCUT2D eigenvalue weighted by molar-refractivity contribution is -0.140. The first-order chi connectivity index (χ1) is 17.0. The van der Waals surface area contributed by atoms with E-state index in [0.717, 1.165) is 12.3 Å². The number of aromatic nitrogens is 1. The Hall–Kier alpha value is -4.10. The first-order valence-corrected chi connectivity index (χ1v) is 11.0. The van der Waals surface area contributed by atoms with E-state index in [-0.39, 0.29) is 28.1 Å². The molecule has 0 saturated carbocycles. The van der Waals surface area contributed by atoms with Gasteiger partial charge < -0.3 is 15.3 Å². The number of halogens is 4. The van der Waals surface area contributed by atoms with Gasteiger partial charge in [-0.25, -0.2) is 0 Å². The highest BCUT2D eigenvalue weighted by atomic mass is 35.5. The fourth-order valence-corrected chi connectivity index (χ4v) is 3.79. The molecule has 1 heterocycles. The van der Waals surface area contributed by atoms with Gasteiger partial charge in [0.1, 0.15) is 0 Å². The summed E-state index contributed by atoms with van der Waals surface area (Å²) in [6.45, 7) is 0.356. The number of pyridine rings is 1. The molecular weight excluding hydrogens is 497 g/mol. The van der Waals surface area contributed by atoms with Gasteiger partial charge in [-0.05, 0) is 42.8 Å². The molecule has 186 valence electrons. The third-order valence-corrected chi connectivity index (χ3v) is 5.61. The molecule has 2 aromatic carbocycles. The van der Waals surface area contributed by atoms with Crippen LogP contribution in [0.1, 0.15) is 34.5 Å². The van der Waals surface area contributed by atoms with Crippen molar-refractivity contribution in [2.24, 2.45) is 0 Å². The fraction of sp³-hybridized carbons (Fsp3) is 0.200. The van der Waals surface area contributed by atoms with Crippen molar-refractivity contribution < 1.29 is 27.9 Å². The van der Waals surface area contributed by atoms with Crippen molar-refractivity contribution >= 4 is 34.9 Å². The minimum absolute atomic E-state index is 0.0174. The highest BCUT2D eigenvalue weighted by Gasteiger charge is 2.37. The molecule has 0 saturated heterocycles. The van der Waals surface area contributed by atoms with E-state index in [1.807, 2.05) is 0 Å². The molecule has 2 N–H and O–H groups in total. The summed E-state index contributed by atoms with van der Waals surface area (Å²) in [6.07, 6.45) is -3.61. The average Bonchev–Trinajstić information content (AvgIpc) is 2.85. The van der Waals surface area contributed by atoms with E-state index in [9.17, 15) is 28.0 Å². The average molecular weight is 517 g/mol. The number of carbonyl (C=O) groups excluding carboxylic acids is 1. The number of nitriles is 1. The summed E-state index contributed by atoms with van der Waals surface area (Å²) in [6, 6.07) is 13.6. The molecule has 7 nitrogen and oxygen atoms in total. The maximum absolute atomic E-state index is 13.7. The number of aliphatic carboxylic acids is 1. The van der Waals surface area contributed by atoms with Crippen LogP contribution in [0, 0.1) is 11.3 Å². The quantitative estimate of drug-likeness (QED) is 0.364. The van der Waals surface area contributed by atoms with E-state index in [1.165, 1.54) is 30.1 Å². The van der Waals surface area contributed by atoms with Gasteiger partial charge in [0.05, 0.1) is 23.0 Å². The Balaban J connectivity index is 1.99. The minimum Gasteiger partial charge on any atom is -0.481 e. The van der Waals surface area contributed by atoms with Gasteiger partial charge in [-0.3, -0.25) is 14.6 Å². The number of nitrogens with one attached hydrogen (secondary N) is 1. The highest BCUT2D eigenvalue weighted by Crippen LogP contribution is 2.40. The van der Waals surface area contributed by atoms with Crippen LogP contribution in [0.2, 0.25) is 5.02 Å². The molecule has 11 heteroatoms. The van der Waals surface area contributed by atoms with Crippen molar-refractivity contribution in [3.63, 3.8) is 0 Å². The lowest BCUT2D eigenvalue weighted by Gasteiger charge is -2.22. The molecule has 3 rings (SSSR count). The number of amides is 1. The van der Waals surface area contributed by atoms with E-state index in [4.69, 9.17) is 16.7 Å². The number of carbonyl (C=O) groups is 2. The molecule has 0 unspecified atom stereocenters. The summed E-state index contributed by atoms with van der Waals surface area (Å²) in [5, 5.41) is 21.2. The van der Waals surface area contributed by atoms with E-state index >= 15 is 0 Å². The number of nitrogens with zero attached hydrogens (tertiary/aromatic N) is 3. The Morgan fingerprint density at radius 3 is 2.58 bits per heavy atom. The second-order valence-corrected chi connectivity index (χ2v) is 8.10. The Morgan fingerprint density at radius 1 is 1.19 bits per heavy atom. The van der Waals surface area contributed by atoms with E-state index in [1.54, 1.807) is 30.3 Å². The van der Waals surface area contributed by atoms with Crippen LogP contribution >= 0.6 is 11.6 Å². The SMILES string of the molecule is CN(C(=O)c1ccc(Cl)c(-c2c(C#N)ccnc2C(F)(F)F)c1)c1ccccc1NCCCC(=O)O. The van der Waals surface area contributed by atoms with Crippen LogP contribution in [-0.2, 0) is 11.0 Å². The largest absolute Gasteiger partial charge is 0.481 e. The van der Waals surface area contributed by atoms with Crippen molar-refractivity contribution in [3.8, 4) is 17.2 Å². The maximum atomic E-state index is 13.7. The van der Waals surface area contributed by atoms with Gasteiger partial charge in [0.2, 0.25) is 0 Å². The minimum atomic E-state index is -4.85. The van der Waals surface area contributed by atoms with Crippen LogP contribution in [0.5, 0.6) is 0 Å². The topological polar surface area (TPSA) is 106 Å². The predicted octanol–water partition coefficient (Wildman–Crippen LogP) is 5.85. The molecule has 1 aromatic heterocycles. The number of alkyl halides is 3. The van der Waals surface area contributed by atoms with Crippen molar-refractivity contribution in [2.45, 2.75) is 19.0 Å². The number of rotatable bonds is 8. The number of hydrogen-bond acceptors (Lipinski definition) is 5. The maximum Gasteiger partial charge on any atom is 0.434 e. The molecule has 0 atom stereocenters. The number of carboxylic acids is 1. The Morgan fingerprint density at radius 2 is 1.92 bits per heavy atom. The lowest BCUT2D eigenvalue weighted by atomic mass is 9.96. The van der Waals surface area contributed by atoms with Gasteiger partial charge in [-0.15, -0.1) is 0 Å². The van der Waals surface area contributed by atoms with Gasteiger partial charge in [-0.1, -0.05) is 23.7 Å². The van der Waals surface area contributed by atoms with E-state index in [2.05, 4.69) is 10.3 Å². The number of carboxylic acid groups (broad SMARTS) is 1. The number of anilines is 2. The Bertz CT molecular complexity index is 1340. The molecule has 0 aliphatic carbocycles. The van der Waals surface area contributed by atoms with Crippen molar-refractivity contribution in [2.75, 3.05) is 23.8 Å². The molecule has 0 aliphatic heterocycles. The summed E-state index contributed by atoms with van der Waals surface area (Å²) >= 11 is 6.22. The lowest BCUT2D eigenvalue weighted by Crippen LogP contribution is -2.27. The van der Waals surface area contributed by atoms with E-state index < -0.39 is 29.3 Å². The van der Waals surface area contributed by atoms with Crippen molar-refractivity contribution in [1.29, 1.82) is 5.26 Å². The standard InChI is InChI=1S/C25H20ClF3N4O3/c1-33(20-6-3-2-5-19(20)31-11-4-7-21(34)35)24(36)15-8-9-18(26)17(13-15)22-16(14-30)10-12-32-23(22)25(27,28)29/h2-3,5-6,8-10,12-13,31H,4,7,11H2,1H3,(H,34,35). The van der Waals surface area contributed by atoms with Crippen molar-refractivity contribution in [3.05, 3.63) is 76.6 Å². The summed E-state index contributed by atoms with van der Waals surface area (Å²) in [7, 11) is 1.50. The fourth-order valence-electron chi connectivity index (χ4n) is 3.57. The monoisotopic (exact) mass is 516 g/mol. The van der Waals surface area contributed by atoms with Crippen LogP contribution < -0.4 is 10.2 Å². The number of benzene rings is 2. The molecule has 0 radical (unpaired) electrons. The number of hydrogen-bond donors (Lipinski definition) is 2. The molecule has 36 heavy (non-hydrogen) atoms. The van der Waals surface area contributed by atoms with Crippen LogP contribution in [-0.4, -0.2) is 35.6 Å². The molecule has 1 amide bonds. The molecule has 0 spiro atoms. The van der Waals surface area contributed by atoms with Crippen LogP contribution in [0.3, 0.4) is 0 Å². The summed E-state index contributed by atoms with van der Waals surface area (Å²) in [4.78, 5) is 28.8. The molecule has 0 aliphatic rings. The van der Waals surface area contributed by atoms with Crippen LogP contribution in [0.15, 0.2) is 54.7 Å². The third-order valence-electron chi connectivity index (χ3n) is 5.28. The second kappa shape index (κ2) is 11.1. The van der Waals surface area contributed by atoms with Crippen LogP contribution in [0.25, 0.3) is 11.1 Å². The zero-order valence-electron chi connectivity index (χ0n) is 18.9. The Kier molecular flexibility index (Phi) is 8.17. The van der Waals surface area contributed by atoms with E-state index in [0.29, 0.717) is 24.3 Å². The molecule has 3 aromatic rings. The summed E-state index contributed by atoms with van der Waals surface area (Å²) < 4.78 is 41.0. The third kappa shape index (κ3) is 5.93.